The van der Waals surface area contributed by atoms with Crippen LogP contribution in [0.1, 0.15) is 19.3 Å². The molecule has 3 heteroatoms. The van der Waals surface area contributed by atoms with E-state index in [1.54, 1.807) is 0 Å². The zero-order valence-electron chi connectivity index (χ0n) is 8.81. The number of hydrogen-bond acceptors (Lipinski definition) is 2. The van der Waals surface area contributed by atoms with E-state index in [1.165, 1.54) is 0 Å². The standard InChI is InChI=1S/C9H20NO.Li/c1-4-5-8-11-9-6-7-10(2)3;/h1,4-9H2,2-3H3;/q-1;+1. The first-order valence-corrected chi connectivity index (χ1v) is 4.29. The van der Waals surface area contributed by atoms with Crippen molar-refractivity contribution in [3.63, 3.8) is 0 Å². The van der Waals surface area contributed by atoms with Gasteiger partial charge in [0.25, 0.3) is 0 Å². The van der Waals surface area contributed by atoms with Gasteiger partial charge < -0.3 is 16.6 Å². The minimum absolute atomic E-state index is 0. The summed E-state index contributed by atoms with van der Waals surface area (Å²) in [6.07, 6.45) is 3.19. The zero-order valence-corrected chi connectivity index (χ0v) is 8.81. The predicted octanol–water partition coefficient (Wildman–Crippen LogP) is -1.43. The summed E-state index contributed by atoms with van der Waals surface area (Å²) in [5, 5.41) is 0. The van der Waals surface area contributed by atoms with Crippen LogP contribution < -0.4 is 18.9 Å². The summed E-state index contributed by atoms with van der Waals surface area (Å²) in [7, 11) is 4.16. The predicted molar refractivity (Wildman–Crippen MR) is 48.6 cm³/mol. The maximum atomic E-state index is 5.36. The summed E-state index contributed by atoms with van der Waals surface area (Å²) in [6, 6.07) is 0. The molecule has 0 radical (unpaired) electrons. The van der Waals surface area contributed by atoms with Crippen molar-refractivity contribution >= 4 is 0 Å². The molecular formula is C9H20LiNO. The minimum Gasteiger partial charge on any atom is -0.382 e. The van der Waals surface area contributed by atoms with Gasteiger partial charge in [-0.25, -0.2) is 0 Å². The molecule has 12 heavy (non-hydrogen) atoms. The Morgan fingerprint density at radius 2 is 1.75 bits per heavy atom. The smallest absolute Gasteiger partial charge is 0.382 e. The molecule has 0 amide bonds. The Morgan fingerprint density at radius 3 is 2.25 bits per heavy atom. The van der Waals surface area contributed by atoms with E-state index in [4.69, 9.17) is 4.74 Å². The van der Waals surface area contributed by atoms with Crippen molar-refractivity contribution in [2.45, 2.75) is 19.3 Å². The van der Waals surface area contributed by atoms with Crippen molar-refractivity contribution in [1.82, 2.24) is 4.90 Å². The zero-order chi connectivity index (χ0) is 8.53. The van der Waals surface area contributed by atoms with E-state index in [9.17, 15) is 0 Å². The van der Waals surface area contributed by atoms with Gasteiger partial charge in [-0.2, -0.15) is 6.42 Å². The summed E-state index contributed by atoms with van der Waals surface area (Å²) in [5.74, 6) is 0. The van der Waals surface area contributed by atoms with E-state index in [-0.39, 0.29) is 18.9 Å². The molecule has 68 valence electrons. The summed E-state index contributed by atoms with van der Waals surface area (Å²) in [5.41, 5.74) is 0. The topological polar surface area (TPSA) is 12.5 Å². The molecule has 0 saturated carbocycles. The van der Waals surface area contributed by atoms with E-state index in [0.29, 0.717) is 0 Å². The van der Waals surface area contributed by atoms with E-state index in [0.717, 1.165) is 39.0 Å². The van der Waals surface area contributed by atoms with Gasteiger partial charge in [0.1, 0.15) is 0 Å². The van der Waals surface area contributed by atoms with Crippen LogP contribution in [0.2, 0.25) is 0 Å². The average Bonchev–Trinajstić information content (AvgIpc) is 1.96. The second-order valence-electron chi connectivity index (χ2n) is 2.98. The average molecular weight is 165 g/mol. The molecule has 0 unspecified atom stereocenters. The van der Waals surface area contributed by atoms with Gasteiger partial charge in [0.05, 0.1) is 0 Å². The normalized spacial score (nSPS) is 10.0. The molecule has 2 nitrogen and oxygen atoms in total. The van der Waals surface area contributed by atoms with Crippen LogP contribution in [0.4, 0.5) is 0 Å². The first kappa shape index (κ1) is 15.0. The molecule has 0 aliphatic carbocycles. The fourth-order valence-corrected chi connectivity index (χ4v) is 0.789. The van der Waals surface area contributed by atoms with Crippen molar-refractivity contribution in [3.8, 4) is 0 Å². The number of hydrogen-bond donors (Lipinski definition) is 0. The molecule has 0 atom stereocenters. The number of rotatable bonds is 7. The Bertz CT molecular complexity index is 78.9. The minimum atomic E-state index is 0. The molecule has 0 N–H and O–H groups in total. The Balaban J connectivity index is 0. The molecular weight excluding hydrogens is 145 g/mol. The third-order valence-electron chi connectivity index (χ3n) is 1.43. The molecule has 0 aromatic carbocycles. The van der Waals surface area contributed by atoms with E-state index < -0.39 is 0 Å². The van der Waals surface area contributed by atoms with Gasteiger partial charge in [-0.15, -0.1) is 0 Å². The fraction of sp³-hybridized carbons (Fsp3) is 0.889. The van der Waals surface area contributed by atoms with E-state index in [2.05, 4.69) is 25.9 Å². The van der Waals surface area contributed by atoms with E-state index >= 15 is 0 Å². The SMILES string of the molecule is [CH2-]CCCOCCCN(C)C.[Li+]. The molecule has 0 aromatic rings. The first-order valence-electron chi connectivity index (χ1n) is 4.29. The van der Waals surface area contributed by atoms with Gasteiger partial charge in [-0.1, -0.05) is 6.42 Å². The van der Waals surface area contributed by atoms with Crippen LogP contribution in [-0.2, 0) is 4.74 Å². The largest absolute Gasteiger partial charge is 1.00 e. The van der Waals surface area contributed by atoms with Crippen molar-refractivity contribution in [2.75, 3.05) is 33.9 Å². The molecule has 0 saturated heterocycles. The number of unbranched alkanes of at least 4 members (excludes halogenated alkanes) is 1. The first-order chi connectivity index (χ1) is 5.27. The maximum Gasteiger partial charge on any atom is 1.00 e. The van der Waals surface area contributed by atoms with Crippen molar-refractivity contribution in [1.29, 1.82) is 0 Å². The Labute approximate surface area is 88.8 Å². The van der Waals surface area contributed by atoms with Gasteiger partial charge in [0, 0.05) is 13.2 Å². The molecule has 0 bridgehead atoms. The Morgan fingerprint density at radius 1 is 1.17 bits per heavy atom. The molecule has 0 rings (SSSR count). The molecule has 0 fully saturated rings. The van der Waals surface area contributed by atoms with Gasteiger partial charge >= 0.3 is 18.9 Å². The third kappa shape index (κ3) is 13.1. The number of nitrogens with zero attached hydrogens (tertiary/aromatic N) is 1. The number of ether oxygens (including phenoxy) is 1. The van der Waals surface area contributed by atoms with Crippen LogP contribution in [0, 0.1) is 6.92 Å². The fourth-order valence-electron chi connectivity index (χ4n) is 0.789. The van der Waals surface area contributed by atoms with Crippen molar-refractivity contribution in [2.24, 2.45) is 0 Å². The van der Waals surface area contributed by atoms with Crippen LogP contribution in [0.5, 0.6) is 0 Å². The molecule has 0 aliphatic rings. The molecule has 0 aromatic heterocycles. The van der Waals surface area contributed by atoms with Gasteiger partial charge in [0.15, 0.2) is 0 Å². The van der Waals surface area contributed by atoms with Crippen LogP contribution in [0.15, 0.2) is 0 Å². The summed E-state index contributed by atoms with van der Waals surface area (Å²) in [4.78, 5) is 2.17. The van der Waals surface area contributed by atoms with Crippen molar-refractivity contribution < 1.29 is 23.6 Å². The quantitative estimate of drug-likeness (QED) is 0.261. The second kappa shape index (κ2) is 11.5. The summed E-state index contributed by atoms with van der Waals surface area (Å²) < 4.78 is 5.36. The molecule has 0 aliphatic heterocycles. The second-order valence-corrected chi connectivity index (χ2v) is 2.98. The Kier molecular flexibility index (Phi) is 14.4. The van der Waals surface area contributed by atoms with Gasteiger partial charge in [0.2, 0.25) is 0 Å². The van der Waals surface area contributed by atoms with Gasteiger partial charge in [-0.05, 0) is 27.1 Å². The maximum absolute atomic E-state index is 5.36. The monoisotopic (exact) mass is 165 g/mol. The van der Waals surface area contributed by atoms with Crippen molar-refractivity contribution in [3.05, 3.63) is 6.92 Å². The Hall–Kier alpha value is 0.517. The van der Waals surface area contributed by atoms with Crippen LogP contribution in [0.3, 0.4) is 0 Å². The van der Waals surface area contributed by atoms with Crippen LogP contribution in [-0.4, -0.2) is 38.8 Å². The molecule has 0 heterocycles. The summed E-state index contributed by atoms with van der Waals surface area (Å²) in [6.45, 7) is 6.62. The van der Waals surface area contributed by atoms with Crippen LogP contribution >= 0.6 is 0 Å². The van der Waals surface area contributed by atoms with Gasteiger partial charge in [-0.3, -0.25) is 0 Å². The van der Waals surface area contributed by atoms with E-state index in [1.807, 2.05) is 0 Å². The van der Waals surface area contributed by atoms with Crippen LogP contribution in [0.25, 0.3) is 0 Å². The molecule has 0 spiro atoms. The summed E-state index contributed by atoms with van der Waals surface area (Å²) >= 11 is 0. The third-order valence-corrected chi connectivity index (χ3v) is 1.43.